The maximum atomic E-state index is 12.3. The summed E-state index contributed by atoms with van der Waals surface area (Å²) in [6.07, 6.45) is 0.706. The zero-order valence-electron chi connectivity index (χ0n) is 12.5. The third-order valence-electron chi connectivity index (χ3n) is 3.43. The Morgan fingerprint density at radius 1 is 1.37 bits per heavy atom. The standard InChI is InChI=1S/C15H24N2O2/c1-10(6-7-16)15(18)17(4)13-8-12(3)14(19-5)9-11(13)2/h8-10H,6-7,16H2,1-5H3. The molecule has 106 valence electrons. The molecule has 0 saturated carbocycles. The molecule has 0 spiro atoms. The van der Waals surface area contributed by atoms with Gasteiger partial charge in [0.25, 0.3) is 0 Å². The van der Waals surface area contributed by atoms with Crippen molar-refractivity contribution >= 4 is 11.6 Å². The van der Waals surface area contributed by atoms with Crippen LogP contribution in [0.25, 0.3) is 0 Å². The van der Waals surface area contributed by atoms with Crippen LogP contribution in [0.1, 0.15) is 24.5 Å². The van der Waals surface area contributed by atoms with E-state index >= 15 is 0 Å². The minimum atomic E-state index is -0.0585. The van der Waals surface area contributed by atoms with Gasteiger partial charge in [-0.05, 0) is 50.1 Å². The number of benzene rings is 1. The van der Waals surface area contributed by atoms with E-state index in [0.717, 1.165) is 22.6 Å². The fraction of sp³-hybridized carbons (Fsp3) is 0.533. The van der Waals surface area contributed by atoms with Crippen molar-refractivity contribution in [1.29, 1.82) is 0 Å². The summed E-state index contributed by atoms with van der Waals surface area (Å²) in [4.78, 5) is 14.0. The largest absolute Gasteiger partial charge is 0.496 e. The number of anilines is 1. The van der Waals surface area contributed by atoms with Crippen LogP contribution >= 0.6 is 0 Å². The second-order valence-electron chi connectivity index (χ2n) is 4.98. The summed E-state index contributed by atoms with van der Waals surface area (Å²) in [6, 6.07) is 3.95. The summed E-state index contributed by atoms with van der Waals surface area (Å²) < 4.78 is 5.29. The van der Waals surface area contributed by atoms with E-state index in [1.807, 2.05) is 40.0 Å². The molecule has 0 aromatic heterocycles. The van der Waals surface area contributed by atoms with E-state index in [9.17, 15) is 4.79 Å². The van der Waals surface area contributed by atoms with Gasteiger partial charge in [0.15, 0.2) is 0 Å². The zero-order chi connectivity index (χ0) is 14.6. The topological polar surface area (TPSA) is 55.6 Å². The van der Waals surface area contributed by atoms with Crippen molar-refractivity contribution in [2.75, 3.05) is 25.6 Å². The molecule has 4 heteroatoms. The van der Waals surface area contributed by atoms with Crippen molar-refractivity contribution in [1.82, 2.24) is 0 Å². The second-order valence-corrected chi connectivity index (χ2v) is 4.98. The Morgan fingerprint density at radius 3 is 2.53 bits per heavy atom. The van der Waals surface area contributed by atoms with E-state index in [1.165, 1.54) is 0 Å². The van der Waals surface area contributed by atoms with Crippen LogP contribution in [0.15, 0.2) is 12.1 Å². The van der Waals surface area contributed by atoms with Crippen LogP contribution in [-0.2, 0) is 4.79 Å². The Balaban J connectivity index is 3.03. The second kappa shape index (κ2) is 6.57. The molecular weight excluding hydrogens is 240 g/mol. The molecule has 0 saturated heterocycles. The molecule has 19 heavy (non-hydrogen) atoms. The molecule has 0 aliphatic rings. The quantitative estimate of drug-likeness (QED) is 0.887. The number of rotatable bonds is 5. The van der Waals surface area contributed by atoms with Crippen LogP contribution in [0.5, 0.6) is 5.75 Å². The fourth-order valence-electron chi connectivity index (χ4n) is 2.18. The zero-order valence-corrected chi connectivity index (χ0v) is 12.5. The number of ether oxygens (including phenoxy) is 1. The molecule has 0 aliphatic carbocycles. The molecule has 0 heterocycles. The molecule has 0 fully saturated rings. The van der Waals surface area contributed by atoms with Crippen LogP contribution in [0.4, 0.5) is 5.69 Å². The first kappa shape index (κ1) is 15.5. The molecule has 1 aromatic rings. The summed E-state index contributed by atoms with van der Waals surface area (Å²) in [5, 5.41) is 0. The Labute approximate surface area is 115 Å². The smallest absolute Gasteiger partial charge is 0.229 e. The molecule has 1 atom stereocenters. The number of nitrogens with two attached hydrogens (primary N) is 1. The molecule has 1 rings (SSSR count). The van der Waals surface area contributed by atoms with E-state index in [2.05, 4.69) is 0 Å². The van der Waals surface area contributed by atoms with Crippen LogP contribution in [0, 0.1) is 19.8 Å². The molecule has 0 aliphatic heterocycles. The Morgan fingerprint density at radius 2 is 2.00 bits per heavy atom. The predicted octanol–water partition coefficient (Wildman–Crippen LogP) is 2.26. The highest BCUT2D eigenvalue weighted by Gasteiger charge is 2.20. The van der Waals surface area contributed by atoms with Crippen molar-refractivity contribution in [3.05, 3.63) is 23.3 Å². The molecule has 1 unspecified atom stereocenters. The highest BCUT2D eigenvalue weighted by atomic mass is 16.5. The molecule has 1 amide bonds. The van der Waals surface area contributed by atoms with E-state index in [0.29, 0.717) is 13.0 Å². The molecule has 0 radical (unpaired) electrons. The number of hydrogen-bond donors (Lipinski definition) is 1. The highest BCUT2D eigenvalue weighted by molar-refractivity contribution is 5.95. The van der Waals surface area contributed by atoms with E-state index in [1.54, 1.807) is 12.0 Å². The van der Waals surface area contributed by atoms with Gasteiger partial charge in [0, 0.05) is 18.7 Å². The van der Waals surface area contributed by atoms with Crippen molar-refractivity contribution in [3.63, 3.8) is 0 Å². The van der Waals surface area contributed by atoms with E-state index < -0.39 is 0 Å². The van der Waals surface area contributed by atoms with E-state index in [4.69, 9.17) is 10.5 Å². The minimum absolute atomic E-state index is 0.0585. The van der Waals surface area contributed by atoms with Crippen molar-refractivity contribution in [2.24, 2.45) is 11.7 Å². The van der Waals surface area contributed by atoms with Gasteiger partial charge < -0.3 is 15.4 Å². The first-order valence-corrected chi connectivity index (χ1v) is 6.55. The van der Waals surface area contributed by atoms with Gasteiger partial charge in [-0.15, -0.1) is 0 Å². The van der Waals surface area contributed by atoms with Gasteiger partial charge in [0.2, 0.25) is 5.91 Å². The number of carbonyl (C=O) groups is 1. The minimum Gasteiger partial charge on any atom is -0.496 e. The highest BCUT2D eigenvalue weighted by Crippen LogP contribution is 2.29. The molecule has 2 N–H and O–H groups in total. The summed E-state index contributed by atoms with van der Waals surface area (Å²) >= 11 is 0. The lowest BCUT2D eigenvalue weighted by Gasteiger charge is -2.24. The van der Waals surface area contributed by atoms with Crippen LogP contribution in [0.3, 0.4) is 0 Å². The van der Waals surface area contributed by atoms with Crippen molar-refractivity contribution < 1.29 is 9.53 Å². The van der Waals surface area contributed by atoms with Gasteiger partial charge in [0.1, 0.15) is 5.75 Å². The van der Waals surface area contributed by atoms with Crippen molar-refractivity contribution in [2.45, 2.75) is 27.2 Å². The van der Waals surface area contributed by atoms with Crippen LogP contribution < -0.4 is 15.4 Å². The summed E-state index contributed by atoms with van der Waals surface area (Å²) in [7, 11) is 3.46. The number of aryl methyl sites for hydroxylation is 2. The van der Waals surface area contributed by atoms with Crippen LogP contribution in [-0.4, -0.2) is 26.6 Å². The first-order valence-electron chi connectivity index (χ1n) is 6.55. The maximum Gasteiger partial charge on any atom is 0.229 e. The van der Waals surface area contributed by atoms with Gasteiger partial charge in [-0.3, -0.25) is 4.79 Å². The fourth-order valence-corrected chi connectivity index (χ4v) is 2.18. The number of methoxy groups -OCH3 is 1. The third kappa shape index (κ3) is 3.47. The van der Waals surface area contributed by atoms with Gasteiger partial charge >= 0.3 is 0 Å². The summed E-state index contributed by atoms with van der Waals surface area (Å²) in [5.41, 5.74) is 8.48. The number of carbonyl (C=O) groups excluding carboxylic acids is 1. The monoisotopic (exact) mass is 264 g/mol. The third-order valence-corrected chi connectivity index (χ3v) is 3.43. The number of hydrogen-bond acceptors (Lipinski definition) is 3. The van der Waals surface area contributed by atoms with E-state index in [-0.39, 0.29) is 11.8 Å². The lowest BCUT2D eigenvalue weighted by Crippen LogP contribution is -2.33. The molecule has 1 aromatic carbocycles. The maximum absolute atomic E-state index is 12.3. The summed E-state index contributed by atoms with van der Waals surface area (Å²) in [5.74, 6) is 0.882. The number of amides is 1. The average Bonchev–Trinajstić information content (AvgIpc) is 2.39. The first-order chi connectivity index (χ1) is 8.92. The lowest BCUT2D eigenvalue weighted by atomic mass is 10.0. The molecule has 0 bridgehead atoms. The van der Waals surface area contributed by atoms with Crippen LogP contribution in [0.2, 0.25) is 0 Å². The Bertz CT molecular complexity index is 458. The van der Waals surface area contributed by atoms with Gasteiger partial charge in [0.05, 0.1) is 7.11 Å². The predicted molar refractivity (Wildman–Crippen MR) is 78.7 cm³/mol. The summed E-state index contributed by atoms with van der Waals surface area (Å²) in [6.45, 7) is 6.40. The van der Waals surface area contributed by atoms with Crippen molar-refractivity contribution in [3.8, 4) is 5.75 Å². The van der Waals surface area contributed by atoms with Gasteiger partial charge in [-0.1, -0.05) is 6.92 Å². The molecule has 4 nitrogen and oxygen atoms in total. The average molecular weight is 264 g/mol. The SMILES string of the molecule is COc1cc(C)c(N(C)C(=O)C(C)CCN)cc1C. The normalized spacial score (nSPS) is 12.1. The Hall–Kier alpha value is -1.55. The molecular formula is C15H24N2O2. The Kier molecular flexibility index (Phi) is 5.36. The lowest BCUT2D eigenvalue weighted by molar-refractivity contribution is -0.121. The number of nitrogens with zero attached hydrogens (tertiary/aromatic N) is 1. The van der Waals surface area contributed by atoms with Gasteiger partial charge in [-0.2, -0.15) is 0 Å². The van der Waals surface area contributed by atoms with Gasteiger partial charge in [-0.25, -0.2) is 0 Å².